The molecule has 0 spiro atoms. The molecule has 0 radical (unpaired) electrons. The Kier molecular flexibility index (Phi) is 4.21. The maximum Gasteiger partial charge on any atom is 0.435 e. The van der Waals surface area contributed by atoms with E-state index in [9.17, 15) is 13.2 Å². The highest BCUT2D eigenvalue weighted by Gasteiger charge is 2.33. The van der Waals surface area contributed by atoms with E-state index in [-0.39, 0.29) is 0 Å². The van der Waals surface area contributed by atoms with Crippen molar-refractivity contribution in [2.24, 2.45) is 0 Å². The van der Waals surface area contributed by atoms with E-state index in [1.165, 1.54) is 10.9 Å². The Morgan fingerprint density at radius 3 is 2.47 bits per heavy atom. The Hall–Kier alpha value is -1.82. The number of benzene rings is 1. The summed E-state index contributed by atoms with van der Waals surface area (Å²) in [7, 11) is 0. The van der Waals surface area contributed by atoms with Gasteiger partial charge in [0.2, 0.25) is 0 Å². The van der Waals surface area contributed by atoms with Crippen LogP contribution in [0.2, 0.25) is 0 Å². The Bertz CT molecular complexity index is 505. The SMILES string of the molecule is FC(F)(F)c1ccn(CCNCc2ccccc2)n1. The second-order valence-electron chi connectivity index (χ2n) is 4.12. The van der Waals surface area contributed by atoms with Gasteiger partial charge >= 0.3 is 6.18 Å². The van der Waals surface area contributed by atoms with E-state index >= 15 is 0 Å². The van der Waals surface area contributed by atoms with Crippen LogP contribution in [-0.2, 0) is 19.3 Å². The predicted molar refractivity (Wildman–Crippen MR) is 65.4 cm³/mol. The molecule has 0 saturated heterocycles. The van der Waals surface area contributed by atoms with Crippen molar-refractivity contribution < 1.29 is 13.2 Å². The largest absolute Gasteiger partial charge is 0.435 e. The molecule has 0 aliphatic rings. The average Bonchev–Trinajstić information content (AvgIpc) is 2.85. The second kappa shape index (κ2) is 5.88. The van der Waals surface area contributed by atoms with Crippen LogP contribution in [0.3, 0.4) is 0 Å². The van der Waals surface area contributed by atoms with Gasteiger partial charge in [-0.2, -0.15) is 18.3 Å². The number of nitrogens with one attached hydrogen (secondary N) is 1. The van der Waals surface area contributed by atoms with Crippen LogP contribution in [0.5, 0.6) is 0 Å². The molecule has 102 valence electrons. The maximum atomic E-state index is 12.3. The first-order valence-electron chi connectivity index (χ1n) is 5.91. The summed E-state index contributed by atoms with van der Waals surface area (Å²) in [4.78, 5) is 0. The first-order chi connectivity index (χ1) is 9.05. The van der Waals surface area contributed by atoms with Gasteiger partial charge in [0, 0.05) is 19.3 Å². The number of rotatable bonds is 5. The van der Waals surface area contributed by atoms with Crippen molar-refractivity contribution in [1.82, 2.24) is 15.1 Å². The summed E-state index contributed by atoms with van der Waals surface area (Å²) < 4.78 is 38.3. The summed E-state index contributed by atoms with van der Waals surface area (Å²) in [6.45, 7) is 1.66. The normalized spacial score (nSPS) is 11.7. The number of hydrogen-bond acceptors (Lipinski definition) is 2. The van der Waals surface area contributed by atoms with Gasteiger partial charge in [0.1, 0.15) is 0 Å². The molecule has 2 aromatic rings. The Balaban J connectivity index is 1.76. The molecule has 0 aliphatic heterocycles. The molecule has 1 aromatic carbocycles. The van der Waals surface area contributed by atoms with Crippen LogP contribution < -0.4 is 5.32 Å². The molecular formula is C13H14F3N3. The monoisotopic (exact) mass is 269 g/mol. The van der Waals surface area contributed by atoms with Crippen LogP contribution in [-0.4, -0.2) is 16.3 Å². The predicted octanol–water partition coefficient (Wildman–Crippen LogP) is 2.69. The first-order valence-corrected chi connectivity index (χ1v) is 5.91. The molecule has 0 bridgehead atoms. The second-order valence-corrected chi connectivity index (χ2v) is 4.12. The zero-order chi connectivity index (χ0) is 13.7. The highest BCUT2D eigenvalue weighted by molar-refractivity contribution is 5.14. The lowest BCUT2D eigenvalue weighted by Crippen LogP contribution is -2.20. The molecule has 19 heavy (non-hydrogen) atoms. The highest BCUT2D eigenvalue weighted by atomic mass is 19.4. The van der Waals surface area contributed by atoms with Gasteiger partial charge in [0.25, 0.3) is 0 Å². The summed E-state index contributed by atoms with van der Waals surface area (Å²) in [6.07, 6.45) is -3.03. The molecular weight excluding hydrogens is 255 g/mol. The topological polar surface area (TPSA) is 29.9 Å². The lowest BCUT2D eigenvalue weighted by atomic mass is 10.2. The minimum absolute atomic E-state index is 0.406. The van der Waals surface area contributed by atoms with Crippen molar-refractivity contribution in [3.8, 4) is 0 Å². The molecule has 0 amide bonds. The van der Waals surface area contributed by atoms with Crippen LogP contribution in [0.25, 0.3) is 0 Å². The summed E-state index contributed by atoms with van der Waals surface area (Å²) in [5, 5.41) is 6.63. The number of nitrogens with zero attached hydrogens (tertiary/aromatic N) is 2. The van der Waals surface area contributed by atoms with E-state index in [0.717, 1.165) is 11.6 Å². The molecule has 0 aliphatic carbocycles. The lowest BCUT2D eigenvalue weighted by molar-refractivity contribution is -0.141. The zero-order valence-electron chi connectivity index (χ0n) is 10.2. The molecule has 1 heterocycles. The smallest absolute Gasteiger partial charge is 0.311 e. The van der Waals surface area contributed by atoms with Gasteiger partial charge in [-0.05, 0) is 11.6 Å². The third-order valence-electron chi connectivity index (χ3n) is 2.62. The maximum absolute atomic E-state index is 12.3. The quantitative estimate of drug-likeness (QED) is 0.846. The van der Waals surface area contributed by atoms with E-state index in [2.05, 4.69) is 10.4 Å². The van der Waals surface area contributed by atoms with Gasteiger partial charge in [-0.1, -0.05) is 30.3 Å². The van der Waals surface area contributed by atoms with Crippen LogP contribution in [0.1, 0.15) is 11.3 Å². The van der Waals surface area contributed by atoms with E-state index in [4.69, 9.17) is 0 Å². The Labute approximate surface area is 109 Å². The minimum atomic E-state index is -4.37. The summed E-state index contributed by atoms with van der Waals surface area (Å²) in [5.41, 5.74) is 0.287. The number of hydrogen-bond donors (Lipinski definition) is 1. The fourth-order valence-electron chi connectivity index (χ4n) is 1.66. The summed E-state index contributed by atoms with van der Waals surface area (Å²) >= 11 is 0. The number of aromatic nitrogens is 2. The fraction of sp³-hybridized carbons (Fsp3) is 0.308. The Morgan fingerprint density at radius 1 is 1.11 bits per heavy atom. The van der Waals surface area contributed by atoms with Crippen molar-refractivity contribution in [2.45, 2.75) is 19.3 Å². The van der Waals surface area contributed by atoms with Crippen LogP contribution in [0.15, 0.2) is 42.6 Å². The molecule has 0 saturated carbocycles. The van der Waals surface area contributed by atoms with E-state index in [1.54, 1.807) is 0 Å². The van der Waals surface area contributed by atoms with E-state index < -0.39 is 11.9 Å². The average molecular weight is 269 g/mol. The van der Waals surface area contributed by atoms with Crippen LogP contribution in [0, 0.1) is 0 Å². The molecule has 1 aromatic heterocycles. The van der Waals surface area contributed by atoms with Gasteiger partial charge in [-0.25, -0.2) is 0 Å². The molecule has 1 N–H and O–H groups in total. The van der Waals surface area contributed by atoms with Crippen molar-refractivity contribution in [3.05, 3.63) is 53.9 Å². The fourth-order valence-corrected chi connectivity index (χ4v) is 1.66. The molecule has 3 nitrogen and oxygen atoms in total. The van der Waals surface area contributed by atoms with Gasteiger partial charge < -0.3 is 5.32 Å². The third-order valence-corrected chi connectivity index (χ3v) is 2.62. The standard InChI is InChI=1S/C13H14F3N3/c14-13(15,16)12-6-8-19(18-12)9-7-17-10-11-4-2-1-3-5-11/h1-6,8,17H,7,9-10H2. The number of alkyl halides is 3. The molecule has 0 unspecified atom stereocenters. The molecule has 0 fully saturated rings. The molecule has 2 rings (SSSR count). The van der Waals surface area contributed by atoms with Gasteiger partial charge in [-0.3, -0.25) is 4.68 Å². The van der Waals surface area contributed by atoms with Crippen LogP contribution in [0.4, 0.5) is 13.2 Å². The summed E-state index contributed by atoms with van der Waals surface area (Å²) in [6, 6.07) is 10.8. The van der Waals surface area contributed by atoms with Crippen molar-refractivity contribution in [2.75, 3.05) is 6.54 Å². The number of halogens is 3. The van der Waals surface area contributed by atoms with Crippen LogP contribution >= 0.6 is 0 Å². The lowest BCUT2D eigenvalue weighted by Gasteiger charge is -2.05. The molecule has 0 atom stereocenters. The Morgan fingerprint density at radius 2 is 1.84 bits per heavy atom. The third kappa shape index (κ3) is 4.10. The van der Waals surface area contributed by atoms with Crippen molar-refractivity contribution >= 4 is 0 Å². The van der Waals surface area contributed by atoms with Crippen molar-refractivity contribution in [1.29, 1.82) is 0 Å². The summed E-state index contributed by atoms with van der Waals surface area (Å²) in [5.74, 6) is 0. The van der Waals surface area contributed by atoms with Gasteiger partial charge in [0.05, 0.1) is 6.54 Å². The highest BCUT2D eigenvalue weighted by Crippen LogP contribution is 2.27. The van der Waals surface area contributed by atoms with E-state index in [0.29, 0.717) is 19.6 Å². The van der Waals surface area contributed by atoms with E-state index in [1.807, 2.05) is 30.3 Å². The minimum Gasteiger partial charge on any atom is -0.311 e. The zero-order valence-corrected chi connectivity index (χ0v) is 10.2. The molecule has 6 heteroatoms. The van der Waals surface area contributed by atoms with Gasteiger partial charge in [-0.15, -0.1) is 0 Å². The van der Waals surface area contributed by atoms with Gasteiger partial charge in [0.15, 0.2) is 5.69 Å². The van der Waals surface area contributed by atoms with Crippen molar-refractivity contribution in [3.63, 3.8) is 0 Å². The first kappa shape index (κ1) is 13.6.